The van der Waals surface area contributed by atoms with Crippen molar-refractivity contribution in [3.63, 3.8) is 0 Å². The van der Waals surface area contributed by atoms with Gasteiger partial charge < -0.3 is 15.0 Å². The van der Waals surface area contributed by atoms with E-state index in [9.17, 15) is 0 Å². The monoisotopic (exact) mass is 222 g/mol. The van der Waals surface area contributed by atoms with Crippen molar-refractivity contribution in [3.05, 3.63) is 29.8 Å². The van der Waals surface area contributed by atoms with E-state index in [4.69, 9.17) is 4.74 Å². The van der Waals surface area contributed by atoms with Gasteiger partial charge in [0.15, 0.2) is 0 Å². The summed E-state index contributed by atoms with van der Waals surface area (Å²) in [6.45, 7) is 3.79. The molecule has 0 fully saturated rings. The lowest BCUT2D eigenvalue weighted by Gasteiger charge is -2.19. The minimum Gasteiger partial charge on any atom is -0.383 e. The second-order valence-corrected chi connectivity index (χ2v) is 4.40. The van der Waals surface area contributed by atoms with Gasteiger partial charge in [-0.3, -0.25) is 0 Å². The number of hydrogen-bond donors (Lipinski definition) is 1. The average Bonchev–Trinajstić information content (AvgIpc) is 2.20. The van der Waals surface area contributed by atoms with Crippen LogP contribution in [-0.4, -0.2) is 38.8 Å². The summed E-state index contributed by atoms with van der Waals surface area (Å²) in [5.74, 6) is 0. The average molecular weight is 222 g/mol. The molecule has 3 nitrogen and oxygen atoms in total. The molecule has 0 amide bonds. The molecule has 0 saturated carbocycles. The molecule has 0 bridgehead atoms. The third-order valence-electron chi connectivity index (χ3n) is 2.32. The van der Waals surface area contributed by atoms with E-state index in [-0.39, 0.29) is 0 Å². The number of anilines is 1. The van der Waals surface area contributed by atoms with Gasteiger partial charge in [-0.2, -0.15) is 0 Å². The molecule has 0 saturated heterocycles. The Morgan fingerprint density at radius 3 is 2.62 bits per heavy atom. The van der Waals surface area contributed by atoms with E-state index < -0.39 is 0 Å². The van der Waals surface area contributed by atoms with Gasteiger partial charge in [0, 0.05) is 25.4 Å². The van der Waals surface area contributed by atoms with Crippen LogP contribution in [0.2, 0.25) is 0 Å². The van der Waals surface area contributed by atoms with Crippen molar-refractivity contribution in [2.24, 2.45) is 0 Å². The molecular formula is C13H22N2O. The normalized spacial score (nSPS) is 12.8. The Morgan fingerprint density at radius 2 is 2.00 bits per heavy atom. The number of nitrogens with one attached hydrogen (secondary N) is 1. The Bertz CT molecular complexity index is 313. The summed E-state index contributed by atoms with van der Waals surface area (Å²) >= 11 is 0. The summed E-state index contributed by atoms with van der Waals surface area (Å²) in [5.41, 5.74) is 2.51. The fraction of sp³-hybridized carbons (Fsp3) is 0.538. The summed E-state index contributed by atoms with van der Waals surface area (Å²) in [5, 5.41) is 3.47. The van der Waals surface area contributed by atoms with Crippen molar-refractivity contribution in [3.8, 4) is 0 Å². The maximum absolute atomic E-state index is 5.12. The molecule has 1 aromatic rings. The highest BCUT2D eigenvalue weighted by molar-refractivity contribution is 5.51. The van der Waals surface area contributed by atoms with Gasteiger partial charge in [-0.1, -0.05) is 18.2 Å². The minimum absolute atomic E-state index is 0.327. The molecule has 1 aromatic carbocycles. The molecule has 1 N–H and O–H groups in total. The number of hydrogen-bond acceptors (Lipinski definition) is 3. The zero-order chi connectivity index (χ0) is 12.0. The molecule has 1 rings (SSSR count). The lowest BCUT2D eigenvalue weighted by atomic mass is 10.1. The SMILES string of the molecule is COCC(C)Nc1ccccc1CN(C)C. The van der Waals surface area contributed by atoms with Gasteiger partial charge in [-0.15, -0.1) is 0 Å². The maximum Gasteiger partial charge on any atom is 0.0661 e. The van der Waals surface area contributed by atoms with Crippen molar-refractivity contribution >= 4 is 5.69 Å². The molecule has 1 unspecified atom stereocenters. The summed E-state index contributed by atoms with van der Waals surface area (Å²) in [7, 11) is 5.88. The molecule has 3 heteroatoms. The van der Waals surface area contributed by atoms with E-state index in [1.165, 1.54) is 11.3 Å². The van der Waals surface area contributed by atoms with Crippen LogP contribution in [0.4, 0.5) is 5.69 Å². The highest BCUT2D eigenvalue weighted by Gasteiger charge is 2.06. The molecule has 16 heavy (non-hydrogen) atoms. The van der Waals surface area contributed by atoms with E-state index >= 15 is 0 Å². The van der Waals surface area contributed by atoms with Gasteiger partial charge in [0.05, 0.1) is 6.61 Å². The molecule has 0 aromatic heterocycles. The van der Waals surface area contributed by atoms with Crippen LogP contribution in [-0.2, 0) is 11.3 Å². The Hall–Kier alpha value is -1.06. The van der Waals surface area contributed by atoms with Gasteiger partial charge >= 0.3 is 0 Å². The van der Waals surface area contributed by atoms with Crippen LogP contribution in [0.25, 0.3) is 0 Å². The highest BCUT2D eigenvalue weighted by Crippen LogP contribution is 2.17. The molecule has 0 aliphatic heterocycles. The number of nitrogens with zero attached hydrogens (tertiary/aromatic N) is 1. The van der Waals surface area contributed by atoms with E-state index in [0.29, 0.717) is 6.04 Å². The van der Waals surface area contributed by atoms with Crippen LogP contribution in [0.15, 0.2) is 24.3 Å². The van der Waals surface area contributed by atoms with Crippen molar-refractivity contribution in [2.45, 2.75) is 19.5 Å². The van der Waals surface area contributed by atoms with Gasteiger partial charge in [0.25, 0.3) is 0 Å². The predicted octanol–water partition coefficient (Wildman–Crippen LogP) is 2.20. The van der Waals surface area contributed by atoms with Crippen LogP contribution in [0.1, 0.15) is 12.5 Å². The largest absolute Gasteiger partial charge is 0.383 e. The van der Waals surface area contributed by atoms with Crippen molar-refractivity contribution in [2.75, 3.05) is 33.1 Å². The summed E-state index contributed by atoms with van der Waals surface area (Å²) in [6, 6.07) is 8.73. The summed E-state index contributed by atoms with van der Waals surface area (Å²) in [4.78, 5) is 2.17. The first-order chi connectivity index (χ1) is 7.63. The lowest BCUT2D eigenvalue weighted by molar-refractivity contribution is 0.190. The fourth-order valence-corrected chi connectivity index (χ4v) is 1.70. The minimum atomic E-state index is 0.327. The number of methoxy groups -OCH3 is 1. The van der Waals surface area contributed by atoms with Crippen LogP contribution < -0.4 is 5.32 Å². The third kappa shape index (κ3) is 4.21. The number of ether oxygens (including phenoxy) is 1. The van der Waals surface area contributed by atoms with Gasteiger partial charge in [-0.05, 0) is 32.6 Å². The second kappa shape index (κ2) is 6.51. The first-order valence-electron chi connectivity index (χ1n) is 5.61. The third-order valence-corrected chi connectivity index (χ3v) is 2.32. The van der Waals surface area contributed by atoms with Crippen molar-refractivity contribution in [1.29, 1.82) is 0 Å². The number of benzene rings is 1. The van der Waals surface area contributed by atoms with E-state index in [2.05, 4.69) is 55.5 Å². The van der Waals surface area contributed by atoms with Gasteiger partial charge in [0.1, 0.15) is 0 Å². The molecule has 0 heterocycles. The van der Waals surface area contributed by atoms with E-state index in [1.807, 2.05) is 0 Å². The molecule has 1 atom stereocenters. The smallest absolute Gasteiger partial charge is 0.0661 e. The molecule has 0 aliphatic rings. The van der Waals surface area contributed by atoms with E-state index in [1.54, 1.807) is 7.11 Å². The zero-order valence-electron chi connectivity index (χ0n) is 10.7. The quantitative estimate of drug-likeness (QED) is 0.798. The van der Waals surface area contributed by atoms with Crippen LogP contribution in [0.3, 0.4) is 0 Å². The van der Waals surface area contributed by atoms with Crippen LogP contribution in [0.5, 0.6) is 0 Å². The number of para-hydroxylation sites is 1. The predicted molar refractivity (Wildman–Crippen MR) is 68.8 cm³/mol. The van der Waals surface area contributed by atoms with Crippen molar-refractivity contribution < 1.29 is 4.74 Å². The Kier molecular flexibility index (Phi) is 5.29. The number of rotatable bonds is 6. The molecule has 0 radical (unpaired) electrons. The first kappa shape index (κ1) is 13.0. The highest BCUT2D eigenvalue weighted by atomic mass is 16.5. The molecular weight excluding hydrogens is 200 g/mol. The standard InChI is InChI=1S/C13H22N2O/c1-11(10-16-4)14-13-8-6-5-7-12(13)9-15(2)3/h5-8,11,14H,9-10H2,1-4H3. The van der Waals surface area contributed by atoms with Crippen LogP contribution >= 0.6 is 0 Å². The summed E-state index contributed by atoms with van der Waals surface area (Å²) < 4.78 is 5.12. The van der Waals surface area contributed by atoms with Gasteiger partial charge in [0.2, 0.25) is 0 Å². The second-order valence-electron chi connectivity index (χ2n) is 4.40. The first-order valence-corrected chi connectivity index (χ1v) is 5.61. The fourth-order valence-electron chi connectivity index (χ4n) is 1.70. The summed E-state index contributed by atoms with van der Waals surface area (Å²) in [6.07, 6.45) is 0. The Labute approximate surface area is 98.4 Å². The lowest BCUT2D eigenvalue weighted by Crippen LogP contribution is -2.22. The van der Waals surface area contributed by atoms with Crippen LogP contribution in [0, 0.1) is 0 Å². The Balaban J connectivity index is 2.70. The van der Waals surface area contributed by atoms with E-state index in [0.717, 1.165) is 13.2 Å². The topological polar surface area (TPSA) is 24.5 Å². The molecule has 0 aliphatic carbocycles. The zero-order valence-corrected chi connectivity index (χ0v) is 10.7. The Morgan fingerprint density at radius 1 is 1.31 bits per heavy atom. The molecule has 90 valence electrons. The molecule has 0 spiro atoms. The van der Waals surface area contributed by atoms with Crippen molar-refractivity contribution in [1.82, 2.24) is 4.90 Å². The maximum atomic E-state index is 5.12. The van der Waals surface area contributed by atoms with Gasteiger partial charge in [-0.25, -0.2) is 0 Å².